The lowest BCUT2D eigenvalue weighted by Crippen LogP contribution is -2.64. The Hall–Kier alpha value is -1.59. The number of tetrazole rings is 1. The third-order valence-corrected chi connectivity index (χ3v) is 5.20. The number of carbonyl (C=O) groups excluding carboxylic acids is 1. The first kappa shape index (κ1) is 13.4. The minimum absolute atomic E-state index is 0.0379. The summed E-state index contributed by atoms with van der Waals surface area (Å²) in [6.45, 7) is 0. The summed E-state index contributed by atoms with van der Waals surface area (Å²) in [6, 6.07) is 0. The zero-order chi connectivity index (χ0) is 14.3. The number of aliphatic hydroxyl groups excluding tert-OH is 1. The van der Waals surface area contributed by atoms with Gasteiger partial charge in [0, 0.05) is 11.5 Å². The van der Waals surface area contributed by atoms with Crippen LogP contribution in [0.5, 0.6) is 0 Å². The Morgan fingerprint density at radius 3 is 3.05 bits per heavy atom. The van der Waals surface area contributed by atoms with Crippen molar-refractivity contribution in [2.24, 2.45) is 0 Å². The van der Waals surface area contributed by atoms with Crippen LogP contribution in [-0.2, 0) is 9.59 Å². The van der Waals surface area contributed by atoms with Gasteiger partial charge in [0.25, 0.3) is 5.91 Å². The van der Waals surface area contributed by atoms with Gasteiger partial charge >= 0.3 is 5.97 Å². The van der Waals surface area contributed by atoms with Crippen LogP contribution in [0.3, 0.4) is 0 Å². The molecule has 1 fully saturated rings. The lowest BCUT2D eigenvalue weighted by molar-refractivity contribution is -0.159. The molecule has 2 aliphatic heterocycles. The average Bonchev–Trinajstić information content (AvgIpc) is 2.96. The van der Waals surface area contributed by atoms with E-state index in [9.17, 15) is 19.8 Å². The van der Waals surface area contributed by atoms with Gasteiger partial charge in [-0.15, -0.1) is 16.9 Å². The molecule has 3 N–H and O–H groups in total. The highest BCUT2D eigenvalue weighted by Gasteiger charge is 2.52. The largest absolute Gasteiger partial charge is 0.477 e. The van der Waals surface area contributed by atoms with Gasteiger partial charge in [-0.25, -0.2) is 9.89 Å². The van der Waals surface area contributed by atoms with Crippen molar-refractivity contribution in [1.29, 1.82) is 0 Å². The van der Waals surface area contributed by atoms with Crippen molar-refractivity contribution in [3.05, 3.63) is 11.3 Å². The number of carbonyl (C=O) groups is 2. The first-order chi connectivity index (χ1) is 9.59. The molecule has 11 heteroatoms. The normalized spacial score (nSPS) is 25.4. The summed E-state index contributed by atoms with van der Waals surface area (Å²) in [5.41, 5.74) is 0.574. The molecule has 1 aromatic heterocycles. The van der Waals surface area contributed by atoms with Crippen LogP contribution in [0.2, 0.25) is 0 Å². The Bertz CT molecular complexity index is 589. The van der Waals surface area contributed by atoms with Crippen LogP contribution in [0.25, 0.3) is 0 Å². The second kappa shape index (κ2) is 5.07. The summed E-state index contributed by atoms with van der Waals surface area (Å²) in [6.07, 6.45) is -1.11. The van der Waals surface area contributed by atoms with Gasteiger partial charge in [-0.2, -0.15) is 0 Å². The molecule has 0 unspecified atom stereocenters. The second-order valence-corrected chi connectivity index (χ2v) is 6.18. The van der Waals surface area contributed by atoms with Gasteiger partial charge in [-0.1, -0.05) is 11.8 Å². The number of hydrogen-bond acceptors (Lipinski definition) is 8. The van der Waals surface area contributed by atoms with Gasteiger partial charge in [0.15, 0.2) is 6.10 Å². The number of fused-ring (bicyclic) bond motifs is 1. The van der Waals surface area contributed by atoms with Gasteiger partial charge in [-0.05, 0) is 16.0 Å². The summed E-state index contributed by atoms with van der Waals surface area (Å²) in [4.78, 5) is 24.1. The molecule has 1 saturated heterocycles. The van der Waals surface area contributed by atoms with E-state index in [1.165, 1.54) is 23.5 Å². The molecular weight excluding hydrogens is 306 g/mol. The minimum Gasteiger partial charge on any atom is -0.477 e. The number of aliphatic hydroxyl groups is 1. The van der Waals surface area contributed by atoms with Crippen molar-refractivity contribution < 1.29 is 19.8 Å². The summed E-state index contributed by atoms with van der Waals surface area (Å²) >= 11 is 2.61. The van der Waals surface area contributed by atoms with Crippen LogP contribution in [0.15, 0.2) is 16.4 Å². The fraction of sp³-hybridized carbons (Fsp3) is 0.444. The monoisotopic (exact) mass is 315 g/mol. The van der Waals surface area contributed by atoms with E-state index < -0.39 is 23.4 Å². The SMILES string of the molecule is O=C(O)C1=C(CSc2nnn[nH]2)CS[C@@H]2[C@H](O)C(=O)N12. The molecule has 1 aromatic rings. The fourth-order valence-corrected chi connectivity index (χ4v) is 4.15. The number of carboxylic acids is 1. The molecule has 0 spiro atoms. The topological polar surface area (TPSA) is 132 Å². The van der Waals surface area contributed by atoms with E-state index in [4.69, 9.17) is 0 Å². The molecule has 3 heterocycles. The van der Waals surface area contributed by atoms with Crippen molar-refractivity contribution in [3.63, 3.8) is 0 Å². The summed E-state index contributed by atoms with van der Waals surface area (Å²) in [7, 11) is 0. The molecule has 20 heavy (non-hydrogen) atoms. The average molecular weight is 315 g/mol. The van der Waals surface area contributed by atoms with Crippen LogP contribution in [0.4, 0.5) is 0 Å². The molecular formula is C9H9N5O4S2. The Morgan fingerprint density at radius 2 is 2.40 bits per heavy atom. The highest BCUT2D eigenvalue weighted by atomic mass is 32.2. The van der Waals surface area contributed by atoms with E-state index in [0.29, 0.717) is 22.2 Å². The van der Waals surface area contributed by atoms with E-state index in [-0.39, 0.29) is 5.70 Å². The number of hydrogen-bond donors (Lipinski definition) is 3. The number of β-lactam (4-membered cyclic amide) rings is 1. The van der Waals surface area contributed by atoms with Crippen LogP contribution in [-0.4, -0.2) is 70.6 Å². The lowest BCUT2D eigenvalue weighted by atomic mass is 10.1. The van der Waals surface area contributed by atoms with Crippen molar-refractivity contribution in [2.45, 2.75) is 16.6 Å². The number of aromatic nitrogens is 4. The molecule has 0 aromatic carbocycles. The van der Waals surface area contributed by atoms with Crippen LogP contribution < -0.4 is 0 Å². The Kier molecular flexibility index (Phi) is 3.40. The number of thioether (sulfide) groups is 2. The Balaban J connectivity index is 1.82. The first-order valence-electron chi connectivity index (χ1n) is 5.54. The number of nitrogens with zero attached hydrogens (tertiary/aromatic N) is 4. The van der Waals surface area contributed by atoms with Gasteiger partial charge in [0.05, 0.1) is 0 Å². The van der Waals surface area contributed by atoms with Gasteiger partial charge in [-0.3, -0.25) is 9.69 Å². The van der Waals surface area contributed by atoms with Crippen LogP contribution in [0, 0.1) is 0 Å². The van der Waals surface area contributed by atoms with Crippen molar-refractivity contribution >= 4 is 35.4 Å². The smallest absolute Gasteiger partial charge is 0.352 e. The third kappa shape index (κ3) is 2.07. The molecule has 2 atom stereocenters. The summed E-state index contributed by atoms with van der Waals surface area (Å²) in [5, 5.41) is 31.9. The molecule has 3 rings (SSSR count). The molecule has 0 aliphatic carbocycles. The zero-order valence-corrected chi connectivity index (χ0v) is 11.5. The Labute approximate surface area is 120 Å². The van der Waals surface area contributed by atoms with Crippen molar-refractivity contribution in [1.82, 2.24) is 25.5 Å². The number of amides is 1. The van der Waals surface area contributed by atoms with E-state index >= 15 is 0 Å². The number of rotatable bonds is 4. The summed E-state index contributed by atoms with van der Waals surface area (Å²) in [5.74, 6) is -0.926. The first-order valence-corrected chi connectivity index (χ1v) is 7.57. The van der Waals surface area contributed by atoms with E-state index in [1.54, 1.807) is 0 Å². The number of H-pyrrole nitrogens is 1. The van der Waals surface area contributed by atoms with E-state index in [0.717, 1.165) is 4.90 Å². The number of aromatic amines is 1. The van der Waals surface area contributed by atoms with Gasteiger partial charge in [0.2, 0.25) is 5.16 Å². The van der Waals surface area contributed by atoms with Crippen LogP contribution >= 0.6 is 23.5 Å². The molecule has 106 valence electrons. The molecule has 1 amide bonds. The maximum Gasteiger partial charge on any atom is 0.352 e. The van der Waals surface area contributed by atoms with Gasteiger partial charge in [0.1, 0.15) is 11.1 Å². The third-order valence-electron chi connectivity index (χ3n) is 2.93. The standard InChI is InChI=1S/C9H9N5O4S2/c15-5-6(16)14-4(8(17)18)3(1-19-7(5)14)2-20-9-10-12-13-11-9/h5,7,15H,1-2H2,(H,17,18)(H,10,11,12,13)/t5-,7-/m1/s1. The zero-order valence-electron chi connectivity index (χ0n) is 9.89. The fourth-order valence-electron chi connectivity index (χ4n) is 2.01. The quantitative estimate of drug-likeness (QED) is 0.468. The molecule has 2 aliphatic rings. The van der Waals surface area contributed by atoms with Gasteiger partial charge < -0.3 is 10.2 Å². The number of carboxylic acid groups (broad SMARTS) is 1. The second-order valence-electron chi connectivity index (χ2n) is 4.11. The van der Waals surface area contributed by atoms with Crippen molar-refractivity contribution in [3.8, 4) is 0 Å². The maximum absolute atomic E-state index is 11.6. The number of nitrogens with one attached hydrogen (secondary N) is 1. The predicted molar refractivity (Wildman–Crippen MR) is 68.7 cm³/mol. The Morgan fingerprint density at radius 1 is 1.60 bits per heavy atom. The lowest BCUT2D eigenvalue weighted by Gasteiger charge is -2.47. The highest BCUT2D eigenvalue weighted by molar-refractivity contribution is 8.01. The van der Waals surface area contributed by atoms with Crippen molar-refractivity contribution in [2.75, 3.05) is 11.5 Å². The minimum atomic E-state index is -1.16. The number of aliphatic carboxylic acids is 1. The highest BCUT2D eigenvalue weighted by Crippen LogP contribution is 2.41. The van der Waals surface area contributed by atoms with E-state index in [2.05, 4.69) is 20.6 Å². The molecule has 0 radical (unpaired) electrons. The maximum atomic E-state index is 11.6. The van der Waals surface area contributed by atoms with Crippen LogP contribution in [0.1, 0.15) is 0 Å². The molecule has 0 bridgehead atoms. The summed E-state index contributed by atoms with van der Waals surface area (Å²) < 4.78 is 0. The predicted octanol–water partition coefficient (Wildman–Crippen LogP) is -1.09. The van der Waals surface area contributed by atoms with E-state index in [1.807, 2.05) is 0 Å². The molecule has 0 saturated carbocycles. The molecule has 9 nitrogen and oxygen atoms in total.